The van der Waals surface area contributed by atoms with Crippen molar-refractivity contribution in [1.29, 1.82) is 0 Å². The molecule has 2 rings (SSSR count). The Kier molecular flexibility index (Phi) is 4.49. The van der Waals surface area contributed by atoms with Gasteiger partial charge in [0.05, 0.1) is 18.6 Å². The number of aromatic nitrogens is 2. The van der Waals surface area contributed by atoms with Crippen LogP contribution in [0, 0.1) is 5.82 Å². The lowest BCUT2D eigenvalue weighted by atomic mass is 10.2. The molecule has 1 heterocycles. The van der Waals surface area contributed by atoms with Crippen LogP contribution in [0.15, 0.2) is 35.2 Å². The van der Waals surface area contributed by atoms with Gasteiger partial charge in [0, 0.05) is 29.2 Å². The standard InChI is InChI=1S/C13H15BrFN3/c1-16-5-4-12-8-18(9-17-12)7-10-2-3-11(14)6-13(10)15/h2-3,6,8-9,16H,4-5,7H2,1H3. The number of rotatable bonds is 5. The van der Waals surface area contributed by atoms with Crippen LogP contribution in [-0.4, -0.2) is 23.1 Å². The van der Waals surface area contributed by atoms with Gasteiger partial charge in [-0.05, 0) is 19.2 Å². The molecular formula is C13H15BrFN3. The third-order valence-electron chi connectivity index (χ3n) is 2.69. The first kappa shape index (κ1) is 13.2. The van der Waals surface area contributed by atoms with Gasteiger partial charge >= 0.3 is 0 Å². The lowest BCUT2D eigenvalue weighted by molar-refractivity contribution is 0.598. The van der Waals surface area contributed by atoms with E-state index in [0.29, 0.717) is 12.1 Å². The van der Waals surface area contributed by atoms with Crippen molar-refractivity contribution in [3.05, 3.63) is 52.3 Å². The van der Waals surface area contributed by atoms with Crippen LogP contribution >= 0.6 is 15.9 Å². The third-order valence-corrected chi connectivity index (χ3v) is 3.18. The average Bonchev–Trinajstić information content (AvgIpc) is 2.78. The summed E-state index contributed by atoms with van der Waals surface area (Å²) in [5.74, 6) is -0.199. The zero-order chi connectivity index (χ0) is 13.0. The normalized spacial score (nSPS) is 10.8. The fraction of sp³-hybridized carbons (Fsp3) is 0.308. The number of hydrogen-bond acceptors (Lipinski definition) is 2. The minimum atomic E-state index is -0.199. The number of benzene rings is 1. The van der Waals surface area contributed by atoms with Gasteiger partial charge in [-0.1, -0.05) is 22.0 Å². The van der Waals surface area contributed by atoms with Crippen molar-refractivity contribution in [2.75, 3.05) is 13.6 Å². The first-order valence-electron chi connectivity index (χ1n) is 5.78. The molecule has 18 heavy (non-hydrogen) atoms. The number of nitrogens with one attached hydrogen (secondary N) is 1. The van der Waals surface area contributed by atoms with Gasteiger partial charge in [0.2, 0.25) is 0 Å². The summed E-state index contributed by atoms with van der Waals surface area (Å²) in [6.07, 6.45) is 4.58. The van der Waals surface area contributed by atoms with Gasteiger partial charge in [0.25, 0.3) is 0 Å². The van der Waals surface area contributed by atoms with Crippen LogP contribution in [-0.2, 0) is 13.0 Å². The molecule has 2 aromatic rings. The molecule has 1 N–H and O–H groups in total. The number of hydrogen-bond donors (Lipinski definition) is 1. The first-order valence-corrected chi connectivity index (χ1v) is 6.57. The van der Waals surface area contributed by atoms with E-state index in [1.165, 1.54) is 6.07 Å². The highest BCUT2D eigenvalue weighted by Gasteiger charge is 2.04. The van der Waals surface area contributed by atoms with Crippen LogP contribution < -0.4 is 5.32 Å². The molecule has 0 unspecified atom stereocenters. The molecule has 1 aromatic heterocycles. The monoisotopic (exact) mass is 311 g/mol. The van der Waals surface area contributed by atoms with Crippen molar-refractivity contribution in [2.24, 2.45) is 0 Å². The van der Waals surface area contributed by atoms with Crippen LogP contribution in [0.4, 0.5) is 4.39 Å². The van der Waals surface area contributed by atoms with E-state index in [4.69, 9.17) is 0 Å². The summed E-state index contributed by atoms with van der Waals surface area (Å²) >= 11 is 3.25. The van der Waals surface area contributed by atoms with Gasteiger partial charge in [-0.3, -0.25) is 0 Å². The lowest BCUT2D eigenvalue weighted by Gasteiger charge is -2.04. The van der Waals surface area contributed by atoms with Gasteiger partial charge in [-0.15, -0.1) is 0 Å². The first-order chi connectivity index (χ1) is 8.69. The van der Waals surface area contributed by atoms with Crippen LogP contribution in [0.2, 0.25) is 0 Å². The molecule has 0 saturated heterocycles. The summed E-state index contributed by atoms with van der Waals surface area (Å²) in [4.78, 5) is 4.29. The topological polar surface area (TPSA) is 29.9 Å². The maximum Gasteiger partial charge on any atom is 0.129 e. The van der Waals surface area contributed by atoms with E-state index in [0.717, 1.165) is 23.1 Å². The molecule has 96 valence electrons. The quantitative estimate of drug-likeness (QED) is 0.920. The fourth-order valence-corrected chi connectivity index (χ4v) is 2.05. The van der Waals surface area contributed by atoms with E-state index in [1.54, 1.807) is 12.4 Å². The highest BCUT2D eigenvalue weighted by atomic mass is 79.9. The highest BCUT2D eigenvalue weighted by Crippen LogP contribution is 2.16. The van der Waals surface area contributed by atoms with Gasteiger partial charge < -0.3 is 9.88 Å². The predicted molar refractivity (Wildman–Crippen MR) is 73.1 cm³/mol. The summed E-state index contributed by atoms with van der Waals surface area (Å²) in [5, 5.41) is 3.08. The van der Waals surface area contributed by atoms with E-state index in [2.05, 4.69) is 26.2 Å². The van der Waals surface area contributed by atoms with E-state index < -0.39 is 0 Å². The summed E-state index contributed by atoms with van der Waals surface area (Å²) in [6, 6.07) is 5.11. The fourth-order valence-electron chi connectivity index (χ4n) is 1.72. The molecule has 0 saturated carbocycles. The molecule has 0 amide bonds. The number of nitrogens with zero attached hydrogens (tertiary/aromatic N) is 2. The molecular weight excluding hydrogens is 297 g/mol. The van der Waals surface area contributed by atoms with Gasteiger partial charge in [0.1, 0.15) is 5.82 Å². The number of imidazole rings is 1. The van der Waals surface area contributed by atoms with Crippen LogP contribution in [0.25, 0.3) is 0 Å². The van der Waals surface area contributed by atoms with Gasteiger partial charge in [-0.25, -0.2) is 9.37 Å². The van der Waals surface area contributed by atoms with Gasteiger partial charge in [-0.2, -0.15) is 0 Å². The zero-order valence-corrected chi connectivity index (χ0v) is 11.7. The lowest BCUT2D eigenvalue weighted by Crippen LogP contribution is -2.10. The third kappa shape index (κ3) is 3.40. The summed E-state index contributed by atoms with van der Waals surface area (Å²) < 4.78 is 16.3. The molecule has 0 fully saturated rings. The summed E-state index contributed by atoms with van der Waals surface area (Å²) in [5.41, 5.74) is 1.68. The van der Waals surface area contributed by atoms with Crippen LogP contribution in [0.5, 0.6) is 0 Å². The number of halogens is 2. The SMILES string of the molecule is CNCCc1cn(Cc2ccc(Br)cc2F)cn1. The second kappa shape index (κ2) is 6.11. The largest absolute Gasteiger partial charge is 0.333 e. The average molecular weight is 312 g/mol. The van der Waals surface area contributed by atoms with E-state index >= 15 is 0 Å². The van der Waals surface area contributed by atoms with Crippen molar-refractivity contribution in [2.45, 2.75) is 13.0 Å². The Morgan fingerprint density at radius 2 is 2.28 bits per heavy atom. The Morgan fingerprint density at radius 3 is 3.00 bits per heavy atom. The Morgan fingerprint density at radius 1 is 1.44 bits per heavy atom. The minimum Gasteiger partial charge on any atom is -0.333 e. The molecule has 5 heteroatoms. The molecule has 0 aliphatic heterocycles. The predicted octanol–water partition coefficient (Wildman–Crippen LogP) is 2.59. The number of likely N-dealkylation sites (N-methyl/N-ethyl adjacent to an activating group) is 1. The minimum absolute atomic E-state index is 0.199. The Hall–Kier alpha value is -1.20. The Labute approximate surface area is 114 Å². The van der Waals surface area contributed by atoms with E-state index in [1.807, 2.05) is 23.9 Å². The Bertz CT molecular complexity index is 525. The molecule has 0 aliphatic rings. The van der Waals surface area contributed by atoms with Crippen LogP contribution in [0.3, 0.4) is 0 Å². The second-order valence-electron chi connectivity index (χ2n) is 4.13. The zero-order valence-electron chi connectivity index (χ0n) is 10.2. The van der Waals surface area contributed by atoms with E-state index in [9.17, 15) is 4.39 Å². The Balaban J connectivity index is 2.06. The van der Waals surface area contributed by atoms with Crippen molar-refractivity contribution in [1.82, 2.24) is 14.9 Å². The highest BCUT2D eigenvalue weighted by molar-refractivity contribution is 9.10. The molecule has 1 aromatic carbocycles. The van der Waals surface area contributed by atoms with Crippen molar-refractivity contribution in [3.8, 4) is 0 Å². The maximum atomic E-state index is 13.7. The van der Waals surface area contributed by atoms with Crippen molar-refractivity contribution < 1.29 is 4.39 Å². The van der Waals surface area contributed by atoms with E-state index in [-0.39, 0.29) is 5.82 Å². The van der Waals surface area contributed by atoms with Crippen LogP contribution in [0.1, 0.15) is 11.3 Å². The molecule has 0 spiro atoms. The van der Waals surface area contributed by atoms with Gasteiger partial charge in [0.15, 0.2) is 0 Å². The van der Waals surface area contributed by atoms with Crippen molar-refractivity contribution >= 4 is 15.9 Å². The molecule has 0 bridgehead atoms. The second-order valence-corrected chi connectivity index (χ2v) is 5.04. The molecule has 3 nitrogen and oxygen atoms in total. The summed E-state index contributed by atoms with van der Waals surface area (Å²) in [6.45, 7) is 1.40. The summed E-state index contributed by atoms with van der Waals surface area (Å²) in [7, 11) is 1.91. The maximum absolute atomic E-state index is 13.7. The molecule has 0 radical (unpaired) electrons. The smallest absolute Gasteiger partial charge is 0.129 e. The molecule has 0 aliphatic carbocycles. The molecule has 0 atom stereocenters. The van der Waals surface area contributed by atoms with Crippen molar-refractivity contribution in [3.63, 3.8) is 0 Å².